The Balaban J connectivity index is 2.02. The molecule has 19 heavy (non-hydrogen) atoms. The van der Waals surface area contributed by atoms with Gasteiger partial charge in [-0.3, -0.25) is 0 Å². The monoisotopic (exact) mass is 261 g/mol. The van der Waals surface area contributed by atoms with Gasteiger partial charge in [-0.15, -0.1) is 0 Å². The van der Waals surface area contributed by atoms with Crippen LogP contribution >= 0.6 is 0 Å². The largest absolute Gasteiger partial charge is 0.357 e. The zero-order chi connectivity index (χ0) is 13.8. The van der Waals surface area contributed by atoms with Gasteiger partial charge in [0, 0.05) is 32.5 Å². The Morgan fingerprint density at radius 2 is 2.21 bits per heavy atom. The van der Waals surface area contributed by atoms with Gasteiger partial charge in [-0.05, 0) is 25.5 Å². The Morgan fingerprint density at radius 1 is 1.42 bits per heavy atom. The van der Waals surface area contributed by atoms with E-state index in [1.54, 1.807) is 6.20 Å². The Labute approximate surface area is 114 Å². The maximum atomic E-state index is 4.47. The first-order chi connectivity index (χ1) is 9.08. The van der Waals surface area contributed by atoms with Crippen LogP contribution < -0.4 is 10.2 Å². The summed E-state index contributed by atoms with van der Waals surface area (Å²) in [6.45, 7) is 9.38. The Bertz CT molecular complexity index is 532. The zero-order valence-electron chi connectivity index (χ0n) is 12.2. The normalized spacial score (nSPS) is 11.4. The van der Waals surface area contributed by atoms with Crippen molar-refractivity contribution >= 4 is 11.3 Å². The molecule has 5 heteroatoms. The maximum Gasteiger partial charge on any atom is 0.154 e. The topological polar surface area (TPSA) is 45.5 Å². The van der Waals surface area contributed by atoms with Crippen LogP contribution in [0.25, 0.3) is 5.52 Å². The summed E-state index contributed by atoms with van der Waals surface area (Å²) in [4.78, 5) is 6.64. The standard InChI is InChI=1S/C14H23N5/c1-11(2)10-15-5-7-18(4)14-13-9-12(3)17-19(13)8-6-16-14/h6,8-9,11,15H,5,7,10H2,1-4H3. The minimum absolute atomic E-state index is 0.685. The average Bonchev–Trinajstić information content (AvgIpc) is 2.73. The molecule has 0 radical (unpaired) electrons. The van der Waals surface area contributed by atoms with Gasteiger partial charge in [-0.1, -0.05) is 13.8 Å². The zero-order valence-corrected chi connectivity index (χ0v) is 12.2. The van der Waals surface area contributed by atoms with Gasteiger partial charge in [0.25, 0.3) is 0 Å². The van der Waals surface area contributed by atoms with Crippen molar-refractivity contribution in [2.75, 3.05) is 31.6 Å². The molecule has 1 N–H and O–H groups in total. The predicted molar refractivity (Wildman–Crippen MR) is 78.7 cm³/mol. The fraction of sp³-hybridized carbons (Fsp3) is 0.571. The van der Waals surface area contributed by atoms with E-state index in [0.717, 1.165) is 36.7 Å². The summed E-state index contributed by atoms with van der Waals surface area (Å²) in [5, 5.41) is 7.86. The van der Waals surface area contributed by atoms with Gasteiger partial charge in [-0.2, -0.15) is 5.10 Å². The van der Waals surface area contributed by atoms with Crippen molar-refractivity contribution in [3.63, 3.8) is 0 Å². The van der Waals surface area contributed by atoms with Crippen LogP contribution in [0.2, 0.25) is 0 Å². The average molecular weight is 261 g/mol. The van der Waals surface area contributed by atoms with Gasteiger partial charge in [0.15, 0.2) is 5.82 Å². The lowest BCUT2D eigenvalue weighted by Gasteiger charge is -2.19. The van der Waals surface area contributed by atoms with E-state index < -0.39 is 0 Å². The van der Waals surface area contributed by atoms with Gasteiger partial charge >= 0.3 is 0 Å². The van der Waals surface area contributed by atoms with Crippen molar-refractivity contribution in [2.45, 2.75) is 20.8 Å². The van der Waals surface area contributed by atoms with Crippen LogP contribution in [0.1, 0.15) is 19.5 Å². The third-order valence-electron chi connectivity index (χ3n) is 3.03. The molecule has 0 amide bonds. The van der Waals surface area contributed by atoms with Gasteiger partial charge in [0.1, 0.15) is 5.52 Å². The molecule has 2 aromatic rings. The molecule has 0 aromatic carbocycles. The lowest BCUT2D eigenvalue weighted by atomic mass is 10.2. The number of nitrogens with zero attached hydrogens (tertiary/aromatic N) is 4. The first-order valence-electron chi connectivity index (χ1n) is 6.81. The van der Waals surface area contributed by atoms with E-state index in [-0.39, 0.29) is 0 Å². The molecule has 0 unspecified atom stereocenters. The molecule has 2 heterocycles. The van der Waals surface area contributed by atoms with Gasteiger partial charge in [-0.25, -0.2) is 9.50 Å². The number of rotatable bonds is 6. The third kappa shape index (κ3) is 3.44. The van der Waals surface area contributed by atoms with Crippen molar-refractivity contribution in [1.29, 1.82) is 0 Å². The minimum Gasteiger partial charge on any atom is -0.357 e. The van der Waals surface area contributed by atoms with Crippen molar-refractivity contribution < 1.29 is 0 Å². The second kappa shape index (κ2) is 6.02. The van der Waals surface area contributed by atoms with Crippen LogP contribution in [-0.4, -0.2) is 41.3 Å². The molecule has 0 aliphatic carbocycles. The molecule has 2 aromatic heterocycles. The predicted octanol–water partition coefficient (Wildman–Crippen LogP) is 1.72. The Morgan fingerprint density at radius 3 is 2.95 bits per heavy atom. The highest BCUT2D eigenvalue weighted by molar-refractivity contribution is 5.68. The van der Waals surface area contributed by atoms with Crippen LogP contribution in [0, 0.1) is 12.8 Å². The molecule has 0 saturated carbocycles. The van der Waals surface area contributed by atoms with E-state index >= 15 is 0 Å². The fourth-order valence-electron chi connectivity index (χ4n) is 2.07. The summed E-state index contributed by atoms with van der Waals surface area (Å²) >= 11 is 0. The Kier molecular flexibility index (Phi) is 4.37. The highest BCUT2D eigenvalue weighted by Crippen LogP contribution is 2.17. The number of aromatic nitrogens is 3. The molecule has 0 aliphatic rings. The minimum atomic E-state index is 0.685. The van der Waals surface area contributed by atoms with E-state index in [1.165, 1.54) is 0 Å². The smallest absolute Gasteiger partial charge is 0.154 e. The summed E-state index contributed by atoms with van der Waals surface area (Å²) in [5.74, 6) is 1.67. The van der Waals surface area contributed by atoms with Crippen LogP contribution in [0.5, 0.6) is 0 Å². The van der Waals surface area contributed by atoms with Crippen molar-refractivity contribution in [3.05, 3.63) is 24.2 Å². The molecule has 104 valence electrons. The number of fused-ring (bicyclic) bond motifs is 1. The number of nitrogens with one attached hydrogen (secondary N) is 1. The molecule has 0 spiro atoms. The van der Waals surface area contributed by atoms with Crippen molar-refractivity contribution in [3.8, 4) is 0 Å². The first-order valence-corrected chi connectivity index (χ1v) is 6.81. The summed E-state index contributed by atoms with van der Waals surface area (Å²) in [5.41, 5.74) is 2.08. The molecule has 0 bridgehead atoms. The SMILES string of the molecule is Cc1cc2c(N(C)CCNCC(C)C)nccn2n1. The molecule has 2 rings (SSSR count). The quantitative estimate of drug-likeness (QED) is 0.804. The maximum absolute atomic E-state index is 4.47. The molecule has 0 atom stereocenters. The molecule has 0 fully saturated rings. The molecular weight excluding hydrogens is 238 g/mol. The van der Waals surface area contributed by atoms with Crippen LogP contribution in [0.3, 0.4) is 0 Å². The van der Waals surface area contributed by atoms with Gasteiger partial charge in [0.05, 0.1) is 5.69 Å². The van der Waals surface area contributed by atoms with Gasteiger partial charge < -0.3 is 10.2 Å². The lowest BCUT2D eigenvalue weighted by molar-refractivity contribution is 0.554. The number of hydrogen-bond acceptors (Lipinski definition) is 4. The van der Waals surface area contributed by atoms with E-state index in [0.29, 0.717) is 5.92 Å². The van der Waals surface area contributed by atoms with E-state index in [1.807, 2.05) is 17.6 Å². The molecule has 0 aliphatic heterocycles. The third-order valence-corrected chi connectivity index (χ3v) is 3.03. The summed E-state index contributed by atoms with van der Waals surface area (Å²) in [6, 6.07) is 2.07. The highest BCUT2D eigenvalue weighted by Gasteiger charge is 2.09. The fourth-order valence-corrected chi connectivity index (χ4v) is 2.07. The molecule has 5 nitrogen and oxygen atoms in total. The first kappa shape index (κ1) is 13.8. The summed E-state index contributed by atoms with van der Waals surface area (Å²) in [7, 11) is 2.07. The van der Waals surface area contributed by atoms with Gasteiger partial charge in [0.2, 0.25) is 0 Å². The van der Waals surface area contributed by atoms with E-state index in [9.17, 15) is 0 Å². The lowest BCUT2D eigenvalue weighted by Crippen LogP contribution is -2.31. The van der Waals surface area contributed by atoms with Crippen molar-refractivity contribution in [1.82, 2.24) is 19.9 Å². The highest BCUT2D eigenvalue weighted by atomic mass is 15.3. The van der Waals surface area contributed by atoms with Crippen molar-refractivity contribution in [2.24, 2.45) is 5.92 Å². The number of anilines is 1. The summed E-state index contributed by atoms with van der Waals surface area (Å²) < 4.78 is 1.88. The van der Waals surface area contributed by atoms with Crippen LogP contribution in [-0.2, 0) is 0 Å². The Hall–Kier alpha value is -1.62. The molecule has 0 saturated heterocycles. The summed E-state index contributed by atoms with van der Waals surface area (Å²) in [6.07, 6.45) is 3.68. The van der Waals surface area contributed by atoms with Crippen LogP contribution in [0.15, 0.2) is 18.5 Å². The second-order valence-corrected chi connectivity index (χ2v) is 5.39. The molecular formula is C14H23N5. The van der Waals surface area contributed by atoms with Crippen LogP contribution in [0.4, 0.5) is 5.82 Å². The number of hydrogen-bond donors (Lipinski definition) is 1. The number of aryl methyl sites for hydroxylation is 1. The van der Waals surface area contributed by atoms with E-state index in [2.05, 4.69) is 47.3 Å². The number of likely N-dealkylation sites (N-methyl/N-ethyl adjacent to an activating group) is 1. The second-order valence-electron chi connectivity index (χ2n) is 5.39. The van der Waals surface area contributed by atoms with E-state index in [4.69, 9.17) is 0 Å².